The molecule has 5 rings (SSSR count). The number of hydrogen-bond donors (Lipinski definition) is 0. The molecule has 3 saturated carbocycles. The maximum absolute atomic E-state index is 13.9. The third-order valence-corrected chi connectivity index (χ3v) is 6.68. The van der Waals surface area contributed by atoms with Gasteiger partial charge in [-0.2, -0.15) is 0 Å². The van der Waals surface area contributed by atoms with Gasteiger partial charge >= 0.3 is 0 Å². The lowest BCUT2D eigenvalue weighted by atomic mass is 9.75. The van der Waals surface area contributed by atoms with E-state index in [9.17, 15) is 8.78 Å². The molecule has 0 spiro atoms. The first-order chi connectivity index (χ1) is 11.7. The molecule has 2 unspecified atom stereocenters. The minimum atomic E-state index is -0.396. The summed E-state index contributed by atoms with van der Waals surface area (Å²) in [7, 11) is 0. The number of hydrogen-bond acceptors (Lipinski definition) is 0. The lowest BCUT2D eigenvalue weighted by molar-refractivity contribution is 0.261. The fourth-order valence-electron chi connectivity index (χ4n) is 5.02. The Morgan fingerprint density at radius 3 is 2.12 bits per heavy atom. The monoisotopic (exact) mass is 324 g/mol. The van der Waals surface area contributed by atoms with Crippen molar-refractivity contribution < 1.29 is 8.78 Å². The van der Waals surface area contributed by atoms with Crippen molar-refractivity contribution in [3.05, 3.63) is 59.7 Å². The molecular weight excluding hydrogens is 302 g/mol. The standard InChI is InChI=1S/C22H22F2/c23-17-9-10-21(24)18(11-17)15-5-1-13(2-6-15)14-3-7-16(8-4-14)22-19-12-20(19)22/h1-2,5-6,9-11,14,16,19-20,22H,3-4,7-8,12H2. The van der Waals surface area contributed by atoms with E-state index < -0.39 is 5.82 Å². The van der Waals surface area contributed by atoms with Crippen LogP contribution in [0.25, 0.3) is 11.1 Å². The summed E-state index contributed by atoms with van der Waals surface area (Å²) in [6.45, 7) is 0. The van der Waals surface area contributed by atoms with Crippen molar-refractivity contribution in [2.45, 2.75) is 38.0 Å². The lowest BCUT2D eigenvalue weighted by Gasteiger charge is -2.30. The second-order valence-corrected chi connectivity index (χ2v) is 8.00. The van der Waals surface area contributed by atoms with Gasteiger partial charge in [0.2, 0.25) is 0 Å². The molecule has 0 bridgehead atoms. The Bertz CT molecular complexity index is 748. The number of fused-ring (bicyclic) bond motifs is 1. The largest absolute Gasteiger partial charge is 0.207 e. The fraction of sp³-hybridized carbons (Fsp3) is 0.455. The van der Waals surface area contributed by atoms with Crippen LogP contribution in [0, 0.1) is 35.3 Å². The summed E-state index contributed by atoms with van der Waals surface area (Å²) in [4.78, 5) is 0. The van der Waals surface area contributed by atoms with Gasteiger partial charge in [0.05, 0.1) is 0 Å². The quantitative estimate of drug-likeness (QED) is 0.633. The minimum absolute atomic E-state index is 0.346. The van der Waals surface area contributed by atoms with E-state index in [2.05, 4.69) is 12.1 Å². The van der Waals surface area contributed by atoms with E-state index in [-0.39, 0.29) is 5.82 Å². The van der Waals surface area contributed by atoms with Gasteiger partial charge in [0.1, 0.15) is 11.6 Å². The summed E-state index contributed by atoms with van der Waals surface area (Å²) in [5.74, 6) is 4.19. The van der Waals surface area contributed by atoms with Crippen molar-refractivity contribution in [3.8, 4) is 11.1 Å². The predicted molar refractivity (Wildman–Crippen MR) is 91.6 cm³/mol. The third kappa shape index (κ3) is 2.47. The molecule has 0 saturated heterocycles. The second kappa shape index (κ2) is 5.40. The normalized spacial score (nSPS) is 33.8. The summed E-state index contributed by atoms with van der Waals surface area (Å²) in [6.07, 6.45) is 6.84. The molecule has 0 aromatic heterocycles. The van der Waals surface area contributed by atoms with E-state index in [0.29, 0.717) is 11.5 Å². The highest BCUT2D eigenvalue weighted by molar-refractivity contribution is 5.64. The number of rotatable bonds is 3. The maximum atomic E-state index is 13.9. The van der Waals surface area contributed by atoms with Crippen molar-refractivity contribution >= 4 is 0 Å². The first-order valence-electron chi connectivity index (χ1n) is 9.26. The average molecular weight is 324 g/mol. The summed E-state index contributed by atoms with van der Waals surface area (Å²) in [6, 6.07) is 11.7. The maximum Gasteiger partial charge on any atom is 0.131 e. The van der Waals surface area contributed by atoms with Gasteiger partial charge in [-0.3, -0.25) is 0 Å². The van der Waals surface area contributed by atoms with Crippen LogP contribution in [-0.4, -0.2) is 0 Å². The van der Waals surface area contributed by atoms with Crippen LogP contribution in [0.4, 0.5) is 8.78 Å². The Labute approximate surface area is 141 Å². The molecule has 0 radical (unpaired) electrons. The third-order valence-electron chi connectivity index (χ3n) is 6.68. The van der Waals surface area contributed by atoms with Crippen LogP contribution < -0.4 is 0 Å². The molecule has 0 nitrogen and oxygen atoms in total. The summed E-state index contributed by atoms with van der Waals surface area (Å²) < 4.78 is 27.3. The molecule has 2 atom stereocenters. The molecule has 3 aliphatic carbocycles. The Morgan fingerprint density at radius 2 is 1.50 bits per heavy atom. The van der Waals surface area contributed by atoms with E-state index >= 15 is 0 Å². The zero-order chi connectivity index (χ0) is 16.3. The highest BCUT2D eigenvalue weighted by Gasteiger charge is 2.66. The van der Waals surface area contributed by atoms with Gasteiger partial charge in [-0.05, 0) is 91.0 Å². The van der Waals surface area contributed by atoms with Gasteiger partial charge in [0.15, 0.2) is 0 Å². The molecule has 3 fully saturated rings. The first-order valence-corrected chi connectivity index (χ1v) is 9.26. The molecule has 3 aliphatic rings. The van der Waals surface area contributed by atoms with Gasteiger partial charge < -0.3 is 0 Å². The van der Waals surface area contributed by atoms with E-state index in [4.69, 9.17) is 0 Å². The van der Waals surface area contributed by atoms with Gasteiger partial charge in [-0.15, -0.1) is 0 Å². The fourth-order valence-corrected chi connectivity index (χ4v) is 5.02. The van der Waals surface area contributed by atoms with Gasteiger partial charge in [0, 0.05) is 5.56 Å². The Balaban J connectivity index is 1.29. The summed E-state index contributed by atoms with van der Waals surface area (Å²) in [5.41, 5.74) is 2.45. The highest BCUT2D eigenvalue weighted by atomic mass is 19.1. The molecule has 0 N–H and O–H groups in total. The van der Waals surface area contributed by atoms with Crippen molar-refractivity contribution in [3.63, 3.8) is 0 Å². The molecule has 124 valence electrons. The zero-order valence-electron chi connectivity index (χ0n) is 13.7. The molecule has 2 aromatic carbocycles. The van der Waals surface area contributed by atoms with Crippen molar-refractivity contribution in [2.75, 3.05) is 0 Å². The number of benzene rings is 2. The molecule has 0 heterocycles. The molecule has 2 aromatic rings. The minimum Gasteiger partial charge on any atom is -0.207 e. The second-order valence-electron chi connectivity index (χ2n) is 8.00. The van der Waals surface area contributed by atoms with E-state index in [1.807, 2.05) is 12.1 Å². The van der Waals surface area contributed by atoms with Gasteiger partial charge in [-0.1, -0.05) is 24.3 Å². The molecule has 2 heteroatoms. The van der Waals surface area contributed by atoms with E-state index in [0.717, 1.165) is 35.3 Å². The summed E-state index contributed by atoms with van der Waals surface area (Å²) >= 11 is 0. The van der Waals surface area contributed by atoms with Crippen LogP contribution in [0.1, 0.15) is 43.6 Å². The summed E-state index contributed by atoms with van der Waals surface area (Å²) in [5, 5.41) is 0. The molecule has 0 aliphatic heterocycles. The van der Waals surface area contributed by atoms with Gasteiger partial charge in [0.25, 0.3) is 0 Å². The molecule has 0 amide bonds. The zero-order valence-corrected chi connectivity index (χ0v) is 13.7. The van der Waals surface area contributed by atoms with E-state index in [1.165, 1.54) is 49.8 Å². The van der Waals surface area contributed by atoms with E-state index in [1.54, 1.807) is 0 Å². The predicted octanol–water partition coefficient (Wildman–Crippen LogP) is 6.17. The van der Waals surface area contributed by atoms with Crippen LogP contribution in [0.3, 0.4) is 0 Å². The van der Waals surface area contributed by atoms with Crippen LogP contribution in [0.5, 0.6) is 0 Å². The lowest BCUT2D eigenvalue weighted by Crippen LogP contribution is -2.17. The Kier molecular flexibility index (Phi) is 3.29. The molecule has 24 heavy (non-hydrogen) atoms. The number of halogens is 2. The van der Waals surface area contributed by atoms with Crippen molar-refractivity contribution in [1.82, 2.24) is 0 Å². The Morgan fingerprint density at radius 1 is 0.792 bits per heavy atom. The smallest absolute Gasteiger partial charge is 0.131 e. The van der Waals surface area contributed by atoms with Crippen molar-refractivity contribution in [1.29, 1.82) is 0 Å². The van der Waals surface area contributed by atoms with Crippen LogP contribution in [0.15, 0.2) is 42.5 Å². The van der Waals surface area contributed by atoms with Crippen LogP contribution in [0.2, 0.25) is 0 Å². The highest BCUT2D eigenvalue weighted by Crippen LogP contribution is 2.72. The van der Waals surface area contributed by atoms with Gasteiger partial charge in [-0.25, -0.2) is 8.78 Å². The average Bonchev–Trinajstić information content (AvgIpc) is 3.50. The topological polar surface area (TPSA) is 0 Å². The van der Waals surface area contributed by atoms with Crippen molar-refractivity contribution in [2.24, 2.45) is 23.7 Å². The van der Waals surface area contributed by atoms with Crippen LogP contribution in [-0.2, 0) is 0 Å². The molecular formula is C22H22F2. The van der Waals surface area contributed by atoms with Crippen LogP contribution >= 0.6 is 0 Å². The Hall–Kier alpha value is -1.70. The first kappa shape index (κ1) is 14.6. The SMILES string of the molecule is Fc1ccc(F)c(-c2ccc(C3CCC(C4C5CC54)CC3)cc2)c1.